The van der Waals surface area contributed by atoms with Crippen LogP contribution in [0.3, 0.4) is 0 Å². The summed E-state index contributed by atoms with van der Waals surface area (Å²) < 4.78 is 31.0. The average Bonchev–Trinajstić information content (AvgIpc) is 2.95. The van der Waals surface area contributed by atoms with Crippen molar-refractivity contribution in [2.45, 2.75) is 18.5 Å². The van der Waals surface area contributed by atoms with Crippen LogP contribution in [-0.4, -0.2) is 14.2 Å². The summed E-state index contributed by atoms with van der Waals surface area (Å²) in [4.78, 5) is 0. The van der Waals surface area contributed by atoms with Crippen LogP contribution in [0.15, 0.2) is 115 Å². The molecule has 0 aromatic heterocycles. The summed E-state index contributed by atoms with van der Waals surface area (Å²) in [6.07, 6.45) is 0.350. The van der Waals surface area contributed by atoms with Gasteiger partial charge in [-0.3, -0.25) is 0 Å². The number of rotatable bonds is 8. The number of fused-ring (bicyclic) bond motifs is 2. The first-order valence-corrected chi connectivity index (χ1v) is 15.6. The fourth-order valence-corrected chi connectivity index (χ4v) is 5.80. The van der Waals surface area contributed by atoms with Crippen molar-refractivity contribution in [2.75, 3.05) is 5.75 Å². The molecule has 0 aliphatic carbocycles. The third-order valence-electron chi connectivity index (χ3n) is 6.38. The average molecular weight is 630 g/mol. The Morgan fingerprint density at radius 3 is 1.68 bits per heavy atom. The van der Waals surface area contributed by atoms with E-state index >= 15 is 0 Å². The van der Waals surface area contributed by atoms with Crippen molar-refractivity contribution in [2.24, 2.45) is 0 Å². The first-order chi connectivity index (χ1) is 18.0. The summed E-state index contributed by atoms with van der Waals surface area (Å²) in [6.45, 7) is 0. The fourth-order valence-electron chi connectivity index (χ4n) is 4.64. The van der Waals surface area contributed by atoms with E-state index in [0.29, 0.717) is 6.42 Å². The molecule has 0 amide bonds. The van der Waals surface area contributed by atoms with Gasteiger partial charge in [0.05, 0.1) is 10.0 Å². The molecule has 196 valence electrons. The Morgan fingerprint density at radius 2 is 1.16 bits per heavy atom. The minimum absolute atomic E-state index is 0. The number of halogens is 1. The molecular formula is C31H29ClN2O2RuS. The zero-order valence-corrected chi connectivity index (χ0v) is 24.3. The van der Waals surface area contributed by atoms with Crippen LogP contribution in [0.2, 0.25) is 0 Å². The molecule has 1 N–H and O–H groups in total. The van der Waals surface area contributed by atoms with Crippen molar-refractivity contribution in [3.05, 3.63) is 150 Å². The standard InChI is InChI=1S/C30H26N2O2S.CH3.ClH.Ru/c31-29(22-11-3-1-4-12-22)30(23-13-5-2-6-14-23)32-35(33,34)20-19-28-26-17-9-7-15-24(26)21-25-16-8-10-18-27(25)28;;;/h1-18,21,29-31H,19-20H2;1H3;1H;/q-2;-1;;+4/p-1. The molecule has 2 atom stereocenters. The van der Waals surface area contributed by atoms with Gasteiger partial charge in [0.15, 0.2) is 0 Å². The molecular weight excluding hydrogens is 601 g/mol. The Bertz CT molecular complexity index is 1510. The van der Waals surface area contributed by atoms with Gasteiger partial charge in [-0.05, 0) is 39.6 Å². The largest absolute Gasteiger partial charge is 0.672 e. The molecule has 0 spiro atoms. The molecule has 5 aromatic rings. The van der Waals surface area contributed by atoms with E-state index in [4.69, 9.17) is 5.73 Å². The SMILES string of the molecule is [CH3-].[Cl][Ru+3].[NH-]C(c1ccccc1)C([N-]S(=O)(=O)CCc1c2ccccc2cc2ccccc12)c1ccccc1. The van der Waals surface area contributed by atoms with Crippen molar-refractivity contribution in [1.29, 1.82) is 0 Å². The van der Waals surface area contributed by atoms with Gasteiger partial charge in [0.2, 0.25) is 0 Å². The number of nitrogens with zero attached hydrogens (tertiary/aromatic N) is 1. The molecule has 0 heterocycles. The molecule has 0 aliphatic rings. The molecule has 7 heteroatoms. The minimum Gasteiger partial charge on any atom is -0.672 e. The quantitative estimate of drug-likeness (QED) is 0.0977. The third kappa shape index (κ3) is 7.08. The third-order valence-corrected chi connectivity index (χ3v) is 7.65. The van der Waals surface area contributed by atoms with Crippen molar-refractivity contribution in [3.63, 3.8) is 0 Å². The number of hydrogen-bond acceptors (Lipinski definition) is 2. The topological polar surface area (TPSA) is 72.0 Å². The molecule has 2 unspecified atom stereocenters. The first kappa shape index (κ1) is 30.0. The van der Waals surface area contributed by atoms with Crippen molar-refractivity contribution in [3.8, 4) is 0 Å². The van der Waals surface area contributed by atoms with Gasteiger partial charge in [0, 0.05) is 5.75 Å². The minimum atomic E-state index is -3.81. The normalized spacial score (nSPS) is 12.7. The second-order valence-electron chi connectivity index (χ2n) is 8.68. The van der Waals surface area contributed by atoms with Gasteiger partial charge in [-0.1, -0.05) is 120 Å². The molecule has 38 heavy (non-hydrogen) atoms. The Hall–Kier alpha value is -2.60. The Morgan fingerprint density at radius 1 is 0.711 bits per heavy atom. The smallest absolute Gasteiger partial charge is 0.0728 e. The molecule has 0 radical (unpaired) electrons. The molecule has 0 fully saturated rings. The monoisotopic (exact) mass is 630 g/mol. The summed E-state index contributed by atoms with van der Waals surface area (Å²) in [5.74, 6) is -0.115. The first-order valence-electron chi connectivity index (χ1n) is 11.8. The van der Waals surface area contributed by atoms with Gasteiger partial charge < -0.3 is 17.9 Å². The van der Waals surface area contributed by atoms with E-state index in [2.05, 4.69) is 32.6 Å². The van der Waals surface area contributed by atoms with Gasteiger partial charge in [-0.15, -0.1) is 12.1 Å². The number of nitrogens with one attached hydrogen (secondary N) is 1. The van der Waals surface area contributed by atoms with E-state index in [0.717, 1.165) is 38.2 Å². The molecule has 0 saturated carbocycles. The molecule has 0 aliphatic heterocycles. The van der Waals surface area contributed by atoms with Gasteiger partial charge in [-0.2, -0.15) is 0 Å². The molecule has 4 nitrogen and oxygen atoms in total. The maximum atomic E-state index is 13.3. The Balaban J connectivity index is 0.00000130. The van der Waals surface area contributed by atoms with E-state index < -0.39 is 22.1 Å². The van der Waals surface area contributed by atoms with Crippen LogP contribution >= 0.6 is 9.69 Å². The molecule has 5 aromatic carbocycles. The van der Waals surface area contributed by atoms with Crippen LogP contribution in [0.25, 0.3) is 32.0 Å². The van der Waals surface area contributed by atoms with Crippen molar-refractivity contribution < 1.29 is 25.7 Å². The number of hydrogen-bond donors (Lipinski definition) is 0. The second kappa shape index (κ2) is 14.0. The van der Waals surface area contributed by atoms with Crippen LogP contribution in [0.1, 0.15) is 28.8 Å². The van der Waals surface area contributed by atoms with Gasteiger partial charge in [0.1, 0.15) is 0 Å². The summed E-state index contributed by atoms with van der Waals surface area (Å²) in [5.41, 5.74) is 11.3. The summed E-state index contributed by atoms with van der Waals surface area (Å²) in [7, 11) is 0.756. The van der Waals surface area contributed by atoms with Crippen LogP contribution in [0, 0.1) is 7.43 Å². The van der Waals surface area contributed by atoms with Crippen LogP contribution in [0.4, 0.5) is 0 Å². The number of aryl methyl sites for hydroxylation is 1. The van der Waals surface area contributed by atoms with E-state index in [9.17, 15) is 8.42 Å². The maximum Gasteiger partial charge on any atom is 0.0728 e. The Labute approximate surface area is 240 Å². The van der Waals surface area contributed by atoms with Crippen LogP contribution < -0.4 is 0 Å². The predicted molar refractivity (Wildman–Crippen MR) is 157 cm³/mol. The zero-order valence-electron chi connectivity index (χ0n) is 20.9. The van der Waals surface area contributed by atoms with Crippen molar-refractivity contribution in [1.82, 2.24) is 0 Å². The van der Waals surface area contributed by atoms with E-state index in [1.54, 1.807) is 0 Å². The van der Waals surface area contributed by atoms with Gasteiger partial charge in [-0.25, -0.2) is 8.42 Å². The van der Waals surface area contributed by atoms with E-state index in [1.165, 1.54) is 0 Å². The zero-order chi connectivity index (χ0) is 26.3. The van der Waals surface area contributed by atoms with Crippen LogP contribution in [0.5, 0.6) is 0 Å². The van der Waals surface area contributed by atoms with Gasteiger partial charge >= 0.3 is 27.0 Å². The molecule has 0 saturated heterocycles. The summed E-state index contributed by atoms with van der Waals surface area (Å²) in [5, 5.41) is 4.30. The summed E-state index contributed by atoms with van der Waals surface area (Å²) >= 11 is 1.82. The fraction of sp³-hybridized carbons (Fsp3) is 0.129. The van der Waals surface area contributed by atoms with Gasteiger partial charge in [0.25, 0.3) is 0 Å². The number of sulfonamides is 1. The van der Waals surface area contributed by atoms with Crippen molar-refractivity contribution >= 4 is 41.3 Å². The number of benzene rings is 5. The maximum absolute atomic E-state index is 13.3. The predicted octanol–water partition coefficient (Wildman–Crippen LogP) is 8.91. The second-order valence-corrected chi connectivity index (χ2v) is 10.5. The molecule has 5 rings (SSSR count). The summed E-state index contributed by atoms with van der Waals surface area (Å²) in [6, 6.07) is 35.2. The Kier molecular flexibility index (Phi) is 11.0. The van der Waals surface area contributed by atoms with E-state index in [-0.39, 0.29) is 13.2 Å². The molecule has 0 bridgehead atoms. The van der Waals surface area contributed by atoms with Crippen LogP contribution in [-0.2, 0) is 33.8 Å². The van der Waals surface area contributed by atoms with E-state index in [1.807, 2.05) is 114 Å².